The van der Waals surface area contributed by atoms with Crippen LogP contribution in [-0.4, -0.2) is 92.7 Å². The number of pyridine rings is 2. The number of benzene rings is 7. The van der Waals surface area contributed by atoms with Crippen molar-refractivity contribution in [1.82, 2.24) is 49.8 Å². The second kappa shape index (κ2) is 39.3. The summed E-state index contributed by atoms with van der Waals surface area (Å²) in [4.78, 5) is 60.1. The quantitative estimate of drug-likeness (QED) is 0.0588. The van der Waals surface area contributed by atoms with E-state index < -0.39 is 16.1 Å². The Morgan fingerprint density at radius 1 is 0.292 bits per heavy atom. The molecule has 14 nitrogen and oxygen atoms in total. The lowest BCUT2D eigenvalue weighted by Gasteiger charge is -2.22. The molecular weight excluding hydrogens is 1630 g/mol. The molecule has 0 saturated heterocycles. The summed E-state index contributed by atoms with van der Waals surface area (Å²) in [5.74, 6) is 3.76. The van der Waals surface area contributed by atoms with Crippen molar-refractivity contribution in [2.24, 2.45) is 0 Å². The Balaban J connectivity index is 0.000000131. The highest BCUT2D eigenvalue weighted by molar-refractivity contribution is 7.98. The maximum atomic E-state index is 5.96. The van der Waals surface area contributed by atoms with Gasteiger partial charge in [-0.1, -0.05) is 157 Å². The number of para-hydroxylation sites is 2. The number of aryl methyl sites for hydroxylation is 8. The molecule has 0 unspecified atom stereocenters. The summed E-state index contributed by atoms with van der Waals surface area (Å²) >= 11 is 10.4. The molecule has 0 aliphatic carbocycles. The van der Waals surface area contributed by atoms with Gasteiger partial charge in [0.25, 0.3) is 11.8 Å². The third-order valence-electron chi connectivity index (χ3n) is 20.1. The maximum Gasteiger partial charge on any atom is 0.284 e. The first-order valence-corrected chi connectivity index (χ1v) is 51.2. The van der Waals surface area contributed by atoms with Crippen LogP contribution in [0, 0.1) is 55.4 Å². The number of thiophene rings is 4. The van der Waals surface area contributed by atoms with Crippen LogP contribution < -0.4 is 29.3 Å². The largest absolute Gasteiger partial charge is 0.497 e. The molecule has 0 saturated carbocycles. The minimum atomic E-state index is -1.36. The summed E-state index contributed by atoms with van der Waals surface area (Å²) < 4.78 is 22.5. The zero-order valence-corrected chi connectivity index (χ0v) is 77.7. The van der Waals surface area contributed by atoms with E-state index in [0.29, 0.717) is 23.3 Å². The fourth-order valence-corrected chi connectivity index (χ4v) is 22.5. The van der Waals surface area contributed by atoms with Crippen LogP contribution in [0.15, 0.2) is 264 Å². The molecule has 0 fully saturated rings. The van der Waals surface area contributed by atoms with Crippen LogP contribution >= 0.6 is 68.9 Å². The molecule has 17 rings (SSSR count). The van der Waals surface area contributed by atoms with Crippen LogP contribution in [0.1, 0.15) is 52.9 Å². The zero-order chi connectivity index (χ0) is 84.8. The van der Waals surface area contributed by atoms with E-state index >= 15 is 0 Å². The number of ether oxygens (including phenoxy) is 4. The van der Waals surface area contributed by atoms with E-state index in [0.717, 1.165) is 133 Å². The molecule has 0 atom stereocenters. The van der Waals surface area contributed by atoms with Gasteiger partial charge >= 0.3 is 0 Å². The number of hydrogen-bond donors (Lipinski definition) is 0. The van der Waals surface area contributed by atoms with Gasteiger partial charge in [0.1, 0.15) is 94.7 Å². The summed E-state index contributed by atoms with van der Waals surface area (Å²) in [6.45, 7) is 30.5. The molecule has 0 radical (unpaired) electrons. The summed E-state index contributed by atoms with van der Waals surface area (Å²) in [6.07, 6.45) is 12.1. The Labute approximate surface area is 730 Å². The number of thioether (sulfide) groups is 2. The number of allylic oxidation sites excluding steroid dienone is 2. The van der Waals surface area contributed by atoms with E-state index in [-0.39, 0.29) is 0 Å². The van der Waals surface area contributed by atoms with E-state index in [1.807, 2.05) is 159 Å². The van der Waals surface area contributed by atoms with Crippen LogP contribution in [0.3, 0.4) is 0 Å². The van der Waals surface area contributed by atoms with Crippen LogP contribution in [0.25, 0.3) is 112 Å². The molecule has 0 aliphatic heterocycles. The standard InChI is InChI=1S/C22H20N2O2S.C22H20N2S3.C20H16N2O2S.C18H14N4S.C16H26Si2/c2*1-13-19-20(14(2)27-13)24-22(16-7-11-18(26-4)12-8-16)21(23-19)15-5-9-17(25-3)10-6-15;1-13-17-18(14(2)25-13)22-20(24-16-11-7-4-8-12-16)19(21-17)23-15-9-5-3-6-10-15;1-11-15-16(12(2)23-11)22-18(14-8-4-6-10-20-14)17(21-15)13-7-3-5-9-19-13;1-7-13-17(3,4)15-9-11-16(12-10-15)18(5,6)14-8-2/h2*5-12H,1-4H3;3-12H,1-2H3;3-10H,1-2H3;7-14H,1-6H3/b;;;;13-7+,14-8+. The van der Waals surface area contributed by atoms with E-state index in [1.54, 1.807) is 95.5 Å². The van der Waals surface area contributed by atoms with Crippen LogP contribution in [0.4, 0.5) is 0 Å². The minimum absolute atomic E-state index is 0.364. The first-order chi connectivity index (χ1) is 58.0. The van der Waals surface area contributed by atoms with E-state index in [1.165, 1.54) is 49.4 Å². The fourth-order valence-electron chi connectivity index (χ4n) is 13.8. The van der Waals surface area contributed by atoms with Crippen molar-refractivity contribution >= 4 is 140 Å². The minimum Gasteiger partial charge on any atom is -0.497 e. The Kier molecular flexibility index (Phi) is 28.4. The lowest BCUT2D eigenvalue weighted by Crippen LogP contribution is -2.43. The number of aromatic nitrogens is 10. The predicted octanol–water partition coefficient (Wildman–Crippen LogP) is 26.8. The summed E-state index contributed by atoms with van der Waals surface area (Å²) in [5, 5.41) is 3.05. The number of methoxy groups -OCH3 is 2. The van der Waals surface area contributed by atoms with Gasteiger partial charge in [-0.3, -0.25) is 9.97 Å². The topological polar surface area (TPSA) is 166 Å². The van der Waals surface area contributed by atoms with Gasteiger partial charge in [-0.25, -0.2) is 39.9 Å². The highest BCUT2D eigenvalue weighted by Crippen LogP contribution is 2.42. The molecule has 17 aromatic rings. The van der Waals surface area contributed by atoms with Crippen LogP contribution in [-0.2, 0) is 0 Å². The summed E-state index contributed by atoms with van der Waals surface area (Å²) in [7, 11) is 0.609. The fraction of sp³-hybridized carbons (Fsp3) is 0.184. The third-order valence-corrected chi connectivity index (χ3v) is 31.6. The molecule has 120 heavy (non-hydrogen) atoms. The molecule has 0 aliphatic rings. The van der Waals surface area contributed by atoms with Crippen LogP contribution in [0.2, 0.25) is 26.2 Å². The zero-order valence-electron chi connectivity index (χ0n) is 70.8. The molecule has 22 heteroatoms. The molecule has 0 bridgehead atoms. The van der Waals surface area contributed by atoms with Crippen molar-refractivity contribution in [3.8, 4) is 103 Å². The van der Waals surface area contributed by atoms with Gasteiger partial charge in [0.15, 0.2) is 0 Å². The normalized spacial score (nSPS) is 11.4. The molecule has 0 spiro atoms. The number of hydrogen-bond acceptors (Lipinski definition) is 20. The molecular formula is C98H96N10O4S6Si2. The van der Waals surface area contributed by atoms with Crippen molar-refractivity contribution in [1.29, 1.82) is 0 Å². The lowest BCUT2D eigenvalue weighted by molar-refractivity contribution is 0.395. The maximum absolute atomic E-state index is 5.96. The summed E-state index contributed by atoms with van der Waals surface area (Å²) in [5.41, 5.74) is 23.5. The van der Waals surface area contributed by atoms with Crippen molar-refractivity contribution < 1.29 is 18.9 Å². The number of rotatable bonds is 18. The Morgan fingerprint density at radius 2 is 0.550 bits per heavy atom. The monoisotopic (exact) mass is 1720 g/mol. The highest BCUT2D eigenvalue weighted by Gasteiger charge is 2.26. The van der Waals surface area contributed by atoms with E-state index in [2.05, 4.69) is 210 Å². The van der Waals surface area contributed by atoms with Crippen molar-refractivity contribution in [3.63, 3.8) is 0 Å². The Bertz CT molecular complexity index is 5870. The lowest BCUT2D eigenvalue weighted by atomic mass is 10.0. The molecule has 10 heterocycles. The highest BCUT2D eigenvalue weighted by atomic mass is 32.2. The molecule has 0 amide bonds. The molecule has 606 valence electrons. The molecule has 0 N–H and O–H groups in total. The number of nitrogens with zero attached hydrogens (tertiary/aromatic N) is 10. The second-order valence-electron chi connectivity index (χ2n) is 29.4. The molecule has 10 aromatic heterocycles. The third kappa shape index (κ3) is 20.3. The van der Waals surface area contributed by atoms with Crippen molar-refractivity contribution in [3.05, 3.63) is 293 Å². The number of fused-ring (bicyclic) bond motifs is 4. The van der Waals surface area contributed by atoms with E-state index in [4.69, 9.17) is 48.9 Å². The first kappa shape index (κ1) is 86.7. The summed E-state index contributed by atoms with van der Waals surface area (Å²) in [6, 6.07) is 73.2. The van der Waals surface area contributed by atoms with Crippen LogP contribution in [0.5, 0.6) is 34.8 Å². The van der Waals surface area contributed by atoms with Crippen molar-refractivity contribution in [2.75, 3.05) is 26.7 Å². The van der Waals surface area contributed by atoms with Gasteiger partial charge in [0, 0.05) is 83.5 Å². The van der Waals surface area contributed by atoms with Crippen molar-refractivity contribution in [2.45, 2.75) is 105 Å². The van der Waals surface area contributed by atoms with Gasteiger partial charge in [0.2, 0.25) is 0 Å². The van der Waals surface area contributed by atoms with Gasteiger partial charge in [-0.2, -0.15) is 0 Å². The van der Waals surface area contributed by atoms with Gasteiger partial charge in [-0.05, 0) is 203 Å². The van der Waals surface area contributed by atoms with Gasteiger partial charge in [0.05, 0.1) is 48.4 Å². The van der Waals surface area contributed by atoms with E-state index in [9.17, 15) is 0 Å². The first-order valence-electron chi connectivity index (χ1n) is 39.3. The Morgan fingerprint density at radius 3 is 0.800 bits per heavy atom. The van der Waals surface area contributed by atoms with Gasteiger partial charge in [-0.15, -0.1) is 68.9 Å². The SMILES string of the molecule is C/C=C/[Si](C)(C)c1ccc([Si](C)(C)/C=C/C)cc1.COc1ccc(-c2nc3c(C)sc(C)c3nc2-c2ccc(OC)cc2)cc1.CSc1ccc(-c2nc3c(C)sc(C)c3nc2-c2ccc(SC)cc2)cc1.Cc1sc(C)c2nc(-c3ccccn3)c(-c3ccccn3)nc12.Cc1sc(C)c2nc(Oc3ccccc3)c(Oc3ccccc3)nc12. The molecule has 7 aromatic carbocycles. The smallest absolute Gasteiger partial charge is 0.284 e. The van der Waals surface area contributed by atoms with Gasteiger partial charge < -0.3 is 18.9 Å². The average Bonchev–Trinajstić information content (AvgIpc) is 1.60. The predicted molar refractivity (Wildman–Crippen MR) is 516 cm³/mol. The average molecular weight is 1730 g/mol. The Hall–Kier alpha value is -11.2. The second-order valence-corrected chi connectivity index (χ2v) is 45.6.